The van der Waals surface area contributed by atoms with Crippen LogP contribution in [-0.4, -0.2) is 18.1 Å². The predicted molar refractivity (Wildman–Crippen MR) is 78.9 cm³/mol. The summed E-state index contributed by atoms with van der Waals surface area (Å²) in [5, 5.41) is 0. The van der Waals surface area contributed by atoms with E-state index in [0.29, 0.717) is 6.61 Å². The summed E-state index contributed by atoms with van der Waals surface area (Å²) in [4.78, 5) is 4.08. The lowest BCUT2D eigenvalue weighted by Gasteiger charge is -2.14. The minimum atomic E-state index is 0.0721. The van der Waals surface area contributed by atoms with Gasteiger partial charge in [-0.25, -0.2) is 0 Å². The maximum Gasteiger partial charge on any atom is 0.123 e. The van der Waals surface area contributed by atoms with Crippen LogP contribution in [0, 0.1) is 0 Å². The van der Waals surface area contributed by atoms with Gasteiger partial charge in [-0.05, 0) is 43.2 Å². The fourth-order valence-corrected chi connectivity index (χ4v) is 1.97. The summed E-state index contributed by atoms with van der Waals surface area (Å²) in [6.07, 6.45) is 4.30. The van der Waals surface area contributed by atoms with Crippen LogP contribution in [0.5, 0.6) is 11.5 Å². The normalized spacial score (nSPS) is 11.9. The van der Waals surface area contributed by atoms with Crippen LogP contribution < -0.4 is 15.2 Å². The molecule has 2 rings (SSSR count). The first-order valence-electron chi connectivity index (χ1n) is 6.63. The lowest BCUT2D eigenvalue weighted by Crippen LogP contribution is -2.18. The first kappa shape index (κ1) is 14.3. The molecule has 20 heavy (non-hydrogen) atoms. The Morgan fingerprint density at radius 3 is 2.80 bits per heavy atom. The Morgan fingerprint density at radius 2 is 2.15 bits per heavy atom. The van der Waals surface area contributed by atoms with Gasteiger partial charge in [-0.2, -0.15) is 0 Å². The molecule has 0 aliphatic carbocycles. The number of hydrogen-bond donors (Lipinski definition) is 1. The van der Waals surface area contributed by atoms with E-state index in [9.17, 15) is 0 Å². The Morgan fingerprint density at radius 1 is 1.30 bits per heavy atom. The topological polar surface area (TPSA) is 57.4 Å². The summed E-state index contributed by atoms with van der Waals surface area (Å²) in [6.45, 7) is 2.47. The van der Waals surface area contributed by atoms with Gasteiger partial charge >= 0.3 is 0 Å². The van der Waals surface area contributed by atoms with Gasteiger partial charge in [0.1, 0.15) is 18.1 Å². The third-order valence-electron chi connectivity index (χ3n) is 2.93. The van der Waals surface area contributed by atoms with Crippen LogP contribution in [0.15, 0.2) is 42.7 Å². The number of pyridine rings is 1. The number of methoxy groups -OCH3 is 1. The zero-order valence-corrected chi connectivity index (χ0v) is 11.9. The Labute approximate surface area is 119 Å². The molecule has 0 fully saturated rings. The van der Waals surface area contributed by atoms with Crippen molar-refractivity contribution in [1.29, 1.82) is 0 Å². The van der Waals surface area contributed by atoms with Crippen molar-refractivity contribution in [3.8, 4) is 11.5 Å². The second kappa shape index (κ2) is 6.91. The highest BCUT2D eigenvalue weighted by atomic mass is 16.5. The molecule has 0 spiro atoms. The molecule has 0 bridgehead atoms. The fraction of sp³-hybridized carbons (Fsp3) is 0.312. The molecule has 0 aliphatic heterocycles. The van der Waals surface area contributed by atoms with E-state index >= 15 is 0 Å². The van der Waals surface area contributed by atoms with Gasteiger partial charge in [0.05, 0.1) is 7.11 Å². The van der Waals surface area contributed by atoms with Crippen molar-refractivity contribution in [2.45, 2.75) is 26.0 Å². The number of benzene rings is 1. The summed E-state index contributed by atoms with van der Waals surface area (Å²) in [7, 11) is 1.65. The minimum Gasteiger partial charge on any atom is -0.497 e. The molecule has 2 aromatic rings. The van der Waals surface area contributed by atoms with Crippen molar-refractivity contribution in [3.05, 3.63) is 53.9 Å². The van der Waals surface area contributed by atoms with Gasteiger partial charge in [-0.3, -0.25) is 4.98 Å². The number of nitrogens with zero attached hydrogens (tertiary/aromatic N) is 1. The molecular formula is C16H20N2O2. The summed E-state index contributed by atoms with van der Waals surface area (Å²) >= 11 is 0. The number of nitrogens with two attached hydrogens (primary N) is 1. The van der Waals surface area contributed by atoms with Crippen LogP contribution in [0.1, 0.15) is 18.1 Å². The highest BCUT2D eigenvalue weighted by Gasteiger charge is 2.08. The molecule has 0 aliphatic rings. The van der Waals surface area contributed by atoms with E-state index in [1.165, 1.54) is 0 Å². The van der Waals surface area contributed by atoms with E-state index in [1.54, 1.807) is 19.5 Å². The molecule has 4 heteroatoms. The van der Waals surface area contributed by atoms with Gasteiger partial charge in [-0.1, -0.05) is 6.07 Å². The molecule has 2 N–H and O–H groups in total. The lowest BCUT2D eigenvalue weighted by atomic mass is 10.1. The molecule has 4 nitrogen and oxygen atoms in total. The Balaban J connectivity index is 2.13. The fourth-order valence-electron chi connectivity index (χ4n) is 1.97. The van der Waals surface area contributed by atoms with Gasteiger partial charge in [-0.15, -0.1) is 0 Å². The van der Waals surface area contributed by atoms with Crippen LogP contribution in [0.4, 0.5) is 0 Å². The van der Waals surface area contributed by atoms with Crippen LogP contribution in [0.3, 0.4) is 0 Å². The highest BCUT2D eigenvalue weighted by molar-refractivity contribution is 5.41. The van der Waals surface area contributed by atoms with Gasteiger partial charge in [0, 0.05) is 24.0 Å². The SMILES string of the molecule is COc1ccc(OCc2cccnc2)c(CC(C)N)c1. The van der Waals surface area contributed by atoms with E-state index in [1.807, 2.05) is 37.3 Å². The Bertz CT molecular complexity index is 541. The van der Waals surface area contributed by atoms with Crippen LogP contribution in [-0.2, 0) is 13.0 Å². The van der Waals surface area contributed by atoms with Crippen molar-refractivity contribution < 1.29 is 9.47 Å². The van der Waals surface area contributed by atoms with Crippen molar-refractivity contribution >= 4 is 0 Å². The predicted octanol–water partition coefficient (Wildman–Crippen LogP) is 2.56. The first-order chi connectivity index (χ1) is 9.69. The maximum absolute atomic E-state index is 5.89. The third kappa shape index (κ3) is 3.96. The molecule has 106 valence electrons. The van der Waals surface area contributed by atoms with Gasteiger partial charge in [0.25, 0.3) is 0 Å². The quantitative estimate of drug-likeness (QED) is 0.878. The molecule has 1 atom stereocenters. The molecule has 1 aromatic heterocycles. The Hall–Kier alpha value is -2.07. The number of aromatic nitrogens is 1. The molecule has 1 unspecified atom stereocenters. The second-order valence-corrected chi connectivity index (χ2v) is 4.81. The van der Waals surface area contributed by atoms with Gasteiger partial charge in [0.2, 0.25) is 0 Å². The van der Waals surface area contributed by atoms with Crippen molar-refractivity contribution in [2.75, 3.05) is 7.11 Å². The lowest BCUT2D eigenvalue weighted by molar-refractivity contribution is 0.301. The van der Waals surface area contributed by atoms with Crippen molar-refractivity contribution in [2.24, 2.45) is 5.73 Å². The number of rotatable bonds is 6. The van der Waals surface area contributed by atoms with Crippen molar-refractivity contribution in [3.63, 3.8) is 0 Å². The van der Waals surface area contributed by atoms with E-state index in [0.717, 1.165) is 29.0 Å². The summed E-state index contributed by atoms with van der Waals surface area (Å²) in [5.41, 5.74) is 7.98. The maximum atomic E-state index is 5.89. The van der Waals surface area contributed by atoms with E-state index in [2.05, 4.69) is 4.98 Å². The van der Waals surface area contributed by atoms with Crippen LogP contribution in [0.25, 0.3) is 0 Å². The highest BCUT2D eigenvalue weighted by Crippen LogP contribution is 2.26. The molecule has 0 radical (unpaired) electrons. The van der Waals surface area contributed by atoms with Crippen LogP contribution in [0.2, 0.25) is 0 Å². The summed E-state index contributed by atoms with van der Waals surface area (Å²) in [6, 6.07) is 9.75. The largest absolute Gasteiger partial charge is 0.497 e. The zero-order valence-electron chi connectivity index (χ0n) is 11.9. The van der Waals surface area contributed by atoms with Gasteiger partial charge < -0.3 is 15.2 Å². The number of hydrogen-bond acceptors (Lipinski definition) is 4. The standard InChI is InChI=1S/C16H20N2O2/c1-12(17)8-14-9-15(19-2)5-6-16(14)20-11-13-4-3-7-18-10-13/h3-7,9-10,12H,8,11,17H2,1-2H3. The molecule has 1 aromatic carbocycles. The minimum absolute atomic E-state index is 0.0721. The molecular weight excluding hydrogens is 252 g/mol. The van der Waals surface area contributed by atoms with E-state index < -0.39 is 0 Å². The summed E-state index contributed by atoms with van der Waals surface area (Å²) < 4.78 is 11.1. The second-order valence-electron chi connectivity index (χ2n) is 4.81. The smallest absolute Gasteiger partial charge is 0.123 e. The average molecular weight is 272 g/mol. The zero-order chi connectivity index (χ0) is 14.4. The number of ether oxygens (including phenoxy) is 2. The third-order valence-corrected chi connectivity index (χ3v) is 2.93. The molecule has 0 saturated carbocycles. The monoisotopic (exact) mass is 272 g/mol. The molecule has 0 saturated heterocycles. The van der Waals surface area contributed by atoms with Crippen molar-refractivity contribution in [1.82, 2.24) is 4.98 Å². The van der Waals surface area contributed by atoms with Crippen LogP contribution >= 0.6 is 0 Å². The van der Waals surface area contributed by atoms with Gasteiger partial charge in [0.15, 0.2) is 0 Å². The average Bonchev–Trinajstić information content (AvgIpc) is 2.46. The molecule has 1 heterocycles. The summed E-state index contributed by atoms with van der Waals surface area (Å²) in [5.74, 6) is 1.65. The molecule has 0 amide bonds. The Kier molecular flexibility index (Phi) is 4.96. The first-order valence-corrected chi connectivity index (χ1v) is 6.63. The van der Waals surface area contributed by atoms with E-state index in [4.69, 9.17) is 15.2 Å². The van der Waals surface area contributed by atoms with E-state index in [-0.39, 0.29) is 6.04 Å².